The molecule has 0 radical (unpaired) electrons. The number of rotatable bonds is 6. The summed E-state index contributed by atoms with van der Waals surface area (Å²) in [4.78, 5) is 30.5. The van der Waals surface area contributed by atoms with Crippen LogP contribution in [0.5, 0.6) is 5.88 Å². The van der Waals surface area contributed by atoms with E-state index >= 15 is 0 Å². The number of ether oxygens (including phenoxy) is 1. The Hall–Kier alpha value is -3.19. The van der Waals surface area contributed by atoms with Crippen LogP contribution in [0.3, 0.4) is 0 Å². The molecule has 28 heavy (non-hydrogen) atoms. The molecule has 1 N–H and O–H groups in total. The first-order valence-corrected chi connectivity index (χ1v) is 9.03. The van der Waals surface area contributed by atoms with Crippen LogP contribution in [0.15, 0.2) is 62.3 Å². The zero-order chi connectivity index (χ0) is 20.3. The van der Waals surface area contributed by atoms with Crippen LogP contribution in [0.4, 0.5) is 0 Å². The molecule has 1 aliphatic heterocycles. The second-order valence-electron chi connectivity index (χ2n) is 6.60. The van der Waals surface area contributed by atoms with Gasteiger partial charge in [-0.3, -0.25) is 14.4 Å². The lowest BCUT2D eigenvalue weighted by Gasteiger charge is -2.15. The van der Waals surface area contributed by atoms with E-state index in [9.17, 15) is 14.7 Å². The number of methoxy groups -OCH3 is 1. The third-order valence-electron chi connectivity index (χ3n) is 4.50. The van der Waals surface area contributed by atoms with Crippen molar-refractivity contribution in [2.75, 3.05) is 13.7 Å². The van der Waals surface area contributed by atoms with Crippen LogP contribution in [0.2, 0.25) is 0 Å². The first kappa shape index (κ1) is 19.6. The number of aliphatic imine (C=N–C) groups is 1. The fourth-order valence-corrected chi connectivity index (χ4v) is 3.14. The lowest BCUT2D eigenvalue weighted by molar-refractivity contribution is 0.188. The first-order chi connectivity index (χ1) is 13.4. The number of para-hydroxylation sites is 1. The molecule has 0 amide bonds. The molecule has 2 heterocycles. The number of aromatic nitrogens is 2. The van der Waals surface area contributed by atoms with Crippen LogP contribution in [0.25, 0.3) is 11.8 Å². The molecule has 0 unspecified atom stereocenters. The summed E-state index contributed by atoms with van der Waals surface area (Å²) in [6.45, 7) is 4.39. The number of benzene rings is 1. The number of hydrogen-bond acceptors (Lipinski definition) is 5. The third kappa shape index (κ3) is 3.75. The summed E-state index contributed by atoms with van der Waals surface area (Å²) in [6.07, 6.45) is 3.95. The monoisotopic (exact) mass is 381 g/mol. The van der Waals surface area contributed by atoms with E-state index in [0.717, 1.165) is 15.9 Å². The fourth-order valence-electron chi connectivity index (χ4n) is 3.14. The highest BCUT2D eigenvalue weighted by atomic mass is 16.5. The highest BCUT2D eigenvalue weighted by Crippen LogP contribution is 2.23. The molecule has 0 saturated carbocycles. The van der Waals surface area contributed by atoms with Gasteiger partial charge in [-0.05, 0) is 50.1 Å². The van der Waals surface area contributed by atoms with E-state index in [1.54, 1.807) is 37.4 Å². The molecule has 146 valence electrons. The Bertz CT molecular complexity index is 1090. The fraction of sp³-hybridized carbons (Fsp3) is 0.286. The topological polar surface area (TPSA) is 85.8 Å². The number of allylic oxidation sites excluding steroid dienone is 2. The Morgan fingerprint density at radius 1 is 1.18 bits per heavy atom. The van der Waals surface area contributed by atoms with Crippen molar-refractivity contribution in [3.8, 4) is 11.6 Å². The second-order valence-corrected chi connectivity index (χ2v) is 6.60. The van der Waals surface area contributed by atoms with Gasteiger partial charge in [0.05, 0.1) is 11.4 Å². The Morgan fingerprint density at radius 2 is 1.89 bits per heavy atom. The molecule has 3 rings (SSSR count). The van der Waals surface area contributed by atoms with Gasteiger partial charge >= 0.3 is 5.69 Å². The van der Waals surface area contributed by atoms with Crippen LogP contribution in [0.1, 0.15) is 25.8 Å². The molecule has 1 aromatic carbocycles. The van der Waals surface area contributed by atoms with Crippen molar-refractivity contribution < 1.29 is 9.84 Å². The zero-order valence-corrected chi connectivity index (χ0v) is 16.2. The van der Waals surface area contributed by atoms with Crippen LogP contribution in [-0.4, -0.2) is 33.7 Å². The molecule has 0 saturated heterocycles. The summed E-state index contributed by atoms with van der Waals surface area (Å²) in [6, 6.07) is 8.66. The van der Waals surface area contributed by atoms with Gasteiger partial charge in [-0.1, -0.05) is 18.2 Å². The van der Waals surface area contributed by atoms with Gasteiger partial charge in [0.25, 0.3) is 5.56 Å². The maximum absolute atomic E-state index is 13.1. The average molecular weight is 381 g/mol. The van der Waals surface area contributed by atoms with E-state index in [-0.39, 0.29) is 18.0 Å². The van der Waals surface area contributed by atoms with Crippen molar-refractivity contribution in [3.05, 3.63) is 74.1 Å². The Labute approximate surface area is 162 Å². The molecule has 0 atom stereocenters. The van der Waals surface area contributed by atoms with Gasteiger partial charge in [-0.25, -0.2) is 9.36 Å². The quantitative estimate of drug-likeness (QED) is 0.779. The van der Waals surface area contributed by atoms with E-state index in [1.807, 2.05) is 19.9 Å². The van der Waals surface area contributed by atoms with Crippen molar-refractivity contribution in [1.29, 1.82) is 0 Å². The molecular formula is C21H23N3O4. The molecule has 7 nitrogen and oxygen atoms in total. The maximum atomic E-state index is 13.1. The zero-order valence-electron chi connectivity index (χ0n) is 16.2. The van der Waals surface area contributed by atoms with Gasteiger partial charge < -0.3 is 9.84 Å². The first-order valence-electron chi connectivity index (χ1n) is 9.03. The van der Waals surface area contributed by atoms with E-state index < -0.39 is 11.2 Å². The normalized spacial score (nSPS) is 15.0. The van der Waals surface area contributed by atoms with E-state index in [1.165, 1.54) is 10.6 Å². The Kier molecular flexibility index (Phi) is 5.75. The van der Waals surface area contributed by atoms with Gasteiger partial charge in [0.1, 0.15) is 5.56 Å². The van der Waals surface area contributed by atoms with Crippen LogP contribution in [-0.2, 0) is 11.3 Å². The summed E-state index contributed by atoms with van der Waals surface area (Å²) >= 11 is 0. The molecule has 7 heteroatoms. The maximum Gasteiger partial charge on any atom is 0.338 e. The lowest BCUT2D eigenvalue weighted by atomic mass is 10.1. The predicted octanol–water partition coefficient (Wildman–Crippen LogP) is 2.50. The average Bonchev–Trinajstić information content (AvgIpc) is 2.99. The number of nitrogens with zero attached hydrogens (tertiary/aromatic N) is 3. The summed E-state index contributed by atoms with van der Waals surface area (Å²) in [5.74, 6) is -0.363. The van der Waals surface area contributed by atoms with Crippen molar-refractivity contribution in [3.63, 3.8) is 0 Å². The van der Waals surface area contributed by atoms with Crippen LogP contribution >= 0.6 is 0 Å². The lowest BCUT2D eigenvalue weighted by Crippen LogP contribution is -2.40. The van der Waals surface area contributed by atoms with Gasteiger partial charge in [0, 0.05) is 26.0 Å². The number of aromatic hydroxyl groups is 1. The van der Waals surface area contributed by atoms with Gasteiger partial charge in [-0.15, -0.1) is 0 Å². The highest BCUT2D eigenvalue weighted by molar-refractivity contribution is 5.98. The minimum absolute atomic E-state index is 0.0297. The molecule has 1 aromatic heterocycles. The molecule has 0 spiro atoms. The van der Waals surface area contributed by atoms with E-state index in [2.05, 4.69) is 4.99 Å². The van der Waals surface area contributed by atoms with Crippen LogP contribution < -0.4 is 11.2 Å². The summed E-state index contributed by atoms with van der Waals surface area (Å²) < 4.78 is 7.31. The largest absolute Gasteiger partial charge is 0.494 e. The SMILES string of the molecule is COCCCn1c(O)c(/C=C2\N=C(C)C=C2C)c(=O)n(-c2ccccc2)c1=O. The highest BCUT2D eigenvalue weighted by Gasteiger charge is 2.20. The second kappa shape index (κ2) is 8.22. The Balaban J connectivity index is 2.26. The standard InChI is InChI=1S/C21H23N3O4/c1-14-12-15(2)22-18(14)13-17-19(25)23(10-7-11-28-3)21(27)24(20(17)26)16-8-5-4-6-9-16/h4-6,8-9,12-13,25H,7,10-11H2,1-3H3/b18-13-. The molecular weight excluding hydrogens is 358 g/mol. The molecule has 2 aromatic rings. The van der Waals surface area contributed by atoms with E-state index in [4.69, 9.17) is 4.74 Å². The molecule has 1 aliphatic rings. The minimum Gasteiger partial charge on any atom is -0.494 e. The minimum atomic E-state index is -0.592. The smallest absolute Gasteiger partial charge is 0.338 e. The number of hydrogen-bond donors (Lipinski definition) is 1. The summed E-state index contributed by atoms with van der Waals surface area (Å²) in [7, 11) is 1.57. The predicted molar refractivity (Wildman–Crippen MR) is 109 cm³/mol. The van der Waals surface area contributed by atoms with Crippen molar-refractivity contribution in [2.45, 2.75) is 26.8 Å². The molecule has 0 fully saturated rings. The summed E-state index contributed by atoms with van der Waals surface area (Å²) in [5, 5.41) is 10.7. The van der Waals surface area contributed by atoms with Crippen molar-refractivity contribution in [1.82, 2.24) is 9.13 Å². The molecule has 0 bridgehead atoms. The van der Waals surface area contributed by atoms with Crippen molar-refractivity contribution >= 4 is 11.8 Å². The van der Waals surface area contributed by atoms with Gasteiger partial charge in [0.2, 0.25) is 5.88 Å². The summed E-state index contributed by atoms with van der Waals surface area (Å²) in [5.41, 5.74) is 1.59. The molecule has 0 aliphatic carbocycles. The van der Waals surface area contributed by atoms with E-state index in [0.29, 0.717) is 24.4 Å². The van der Waals surface area contributed by atoms with Crippen LogP contribution in [0, 0.1) is 0 Å². The van der Waals surface area contributed by atoms with Crippen molar-refractivity contribution in [2.24, 2.45) is 4.99 Å². The Morgan fingerprint density at radius 3 is 2.50 bits per heavy atom. The van der Waals surface area contributed by atoms with Gasteiger partial charge in [-0.2, -0.15) is 0 Å². The third-order valence-corrected chi connectivity index (χ3v) is 4.50. The van der Waals surface area contributed by atoms with Gasteiger partial charge in [0.15, 0.2) is 0 Å².